The van der Waals surface area contributed by atoms with E-state index < -0.39 is 11.7 Å². The molecule has 20 heavy (non-hydrogen) atoms. The van der Waals surface area contributed by atoms with Crippen LogP contribution in [0.15, 0.2) is 30.5 Å². The van der Waals surface area contributed by atoms with E-state index in [0.717, 1.165) is 31.1 Å². The molecule has 1 aromatic heterocycles. The second-order valence-electron chi connectivity index (χ2n) is 5.40. The Morgan fingerprint density at radius 1 is 1.30 bits per heavy atom. The molecule has 0 saturated heterocycles. The number of hydrogen-bond acceptors (Lipinski definition) is 1. The van der Waals surface area contributed by atoms with E-state index in [1.54, 1.807) is 12.3 Å². The van der Waals surface area contributed by atoms with E-state index in [2.05, 4.69) is 11.9 Å². The smallest absolute Gasteiger partial charge is 0.328 e. The van der Waals surface area contributed by atoms with Gasteiger partial charge < -0.3 is 4.57 Å². The first-order valence-corrected chi connectivity index (χ1v) is 6.67. The molecule has 106 valence electrons. The lowest BCUT2D eigenvalue weighted by atomic mass is 9.98. The van der Waals surface area contributed by atoms with Crippen LogP contribution in [0.3, 0.4) is 0 Å². The lowest BCUT2D eigenvalue weighted by Gasteiger charge is -2.22. The van der Waals surface area contributed by atoms with Gasteiger partial charge in [0.15, 0.2) is 0 Å². The Labute approximate surface area is 115 Å². The number of rotatable bonds is 1. The Kier molecular flexibility index (Phi) is 3.07. The SMILES string of the molecule is CC1CCn2c(cnc2-c2cccc(C(F)(F)F)c2)C1. The zero-order valence-electron chi connectivity index (χ0n) is 11.1. The normalized spacial score (nSPS) is 18.9. The van der Waals surface area contributed by atoms with Crippen molar-refractivity contribution in [1.29, 1.82) is 0 Å². The Morgan fingerprint density at radius 3 is 2.85 bits per heavy atom. The minimum absolute atomic E-state index is 0.528. The van der Waals surface area contributed by atoms with Gasteiger partial charge in [-0.2, -0.15) is 13.2 Å². The van der Waals surface area contributed by atoms with Crippen molar-refractivity contribution in [3.63, 3.8) is 0 Å². The molecule has 2 aromatic rings. The monoisotopic (exact) mass is 280 g/mol. The van der Waals surface area contributed by atoms with Crippen LogP contribution in [0.5, 0.6) is 0 Å². The maximum absolute atomic E-state index is 12.8. The van der Waals surface area contributed by atoms with Crippen LogP contribution in [-0.4, -0.2) is 9.55 Å². The van der Waals surface area contributed by atoms with E-state index in [9.17, 15) is 13.2 Å². The highest BCUT2D eigenvalue weighted by molar-refractivity contribution is 5.58. The van der Waals surface area contributed by atoms with Crippen molar-refractivity contribution in [2.45, 2.75) is 32.5 Å². The Hall–Kier alpha value is -1.78. The number of alkyl halides is 3. The van der Waals surface area contributed by atoms with Crippen LogP contribution < -0.4 is 0 Å². The molecule has 0 radical (unpaired) electrons. The Balaban J connectivity index is 2.02. The Morgan fingerprint density at radius 2 is 2.10 bits per heavy atom. The van der Waals surface area contributed by atoms with Gasteiger partial charge in [0.1, 0.15) is 5.82 Å². The van der Waals surface area contributed by atoms with Crippen molar-refractivity contribution >= 4 is 0 Å². The molecule has 0 amide bonds. The molecule has 2 heterocycles. The quantitative estimate of drug-likeness (QED) is 0.767. The molecule has 5 heteroatoms. The van der Waals surface area contributed by atoms with Gasteiger partial charge in [-0.25, -0.2) is 4.98 Å². The predicted molar refractivity (Wildman–Crippen MR) is 70.2 cm³/mol. The third-order valence-corrected chi connectivity index (χ3v) is 3.79. The molecule has 3 rings (SSSR count). The van der Waals surface area contributed by atoms with Crippen molar-refractivity contribution in [2.24, 2.45) is 5.92 Å². The summed E-state index contributed by atoms with van der Waals surface area (Å²) < 4.78 is 40.4. The van der Waals surface area contributed by atoms with Crippen molar-refractivity contribution < 1.29 is 13.2 Å². The van der Waals surface area contributed by atoms with Crippen LogP contribution in [0, 0.1) is 5.92 Å². The highest BCUT2D eigenvalue weighted by Gasteiger charge is 2.31. The van der Waals surface area contributed by atoms with Crippen molar-refractivity contribution in [1.82, 2.24) is 9.55 Å². The molecule has 0 aliphatic carbocycles. The summed E-state index contributed by atoms with van der Waals surface area (Å²) in [5.74, 6) is 1.24. The fraction of sp³-hybridized carbons (Fsp3) is 0.400. The summed E-state index contributed by atoms with van der Waals surface area (Å²) in [7, 11) is 0. The molecule has 2 nitrogen and oxygen atoms in total. The van der Waals surface area contributed by atoms with Gasteiger partial charge in [0.05, 0.1) is 5.56 Å². The van der Waals surface area contributed by atoms with E-state index in [0.29, 0.717) is 17.3 Å². The molecular formula is C15H15F3N2. The largest absolute Gasteiger partial charge is 0.416 e. The predicted octanol–water partition coefficient (Wildman–Crippen LogP) is 4.15. The number of benzene rings is 1. The highest BCUT2D eigenvalue weighted by Crippen LogP contribution is 2.33. The summed E-state index contributed by atoms with van der Waals surface area (Å²) in [6, 6.07) is 5.38. The van der Waals surface area contributed by atoms with E-state index >= 15 is 0 Å². The first-order valence-electron chi connectivity index (χ1n) is 6.67. The minimum Gasteiger partial charge on any atom is -0.328 e. The van der Waals surface area contributed by atoms with Gasteiger partial charge in [-0.15, -0.1) is 0 Å². The summed E-state index contributed by atoms with van der Waals surface area (Å²) >= 11 is 0. The zero-order valence-corrected chi connectivity index (χ0v) is 11.1. The first-order chi connectivity index (χ1) is 9.45. The van der Waals surface area contributed by atoms with Crippen LogP contribution in [0.2, 0.25) is 0 Å². The number of fused-ring (bicyclic) bond motifs is 1. The average molecular weight is 280 g/mol. The maximum Gasteiger partial charge on any atom is 0.416 e. The van der Waals surface area contributed by atoms with Crippen LogP contribution in [-0.2, 0) is 19.1 Å². The molecule has 1 aliphatic rings. The fourth-order valence-corrected chi connectivity index (χ4v) is 2.70. The summed E-state index contributed by atoms with van der Waals surface area (Å²) in [6.45, 7) is 3.00. The van der Waals surface area contributed by atoms with Gasteiger partial charge in [0.2, 0.25) is 0 Å². The second-order valence-corrected chi connectivity index (χ2v) is 5.40. The molecule has 1 atom stereocenters. The molecular weight excluding hydrogens is 265 g/mol. The number of halogens is 3. The highest BCUT2D eigenvalue weighted by atomic mass is 19.4. The van der Waals surface area contributed by atoms with Crippen LogP contribution >= 0.6 is 0 Å². The summed E-state index contributed by atoms with van der Waals surface area (Å²) in [4.78, 5) is 4.32. The first kappa shape index (κ1) is 13.2. The topological polar surface area (TPSA) is 17.8 Å². The summed E-state index contributed by atoms with van der Waals surface area (Å²) in [5, 5.41) is 0. The van der Waals surface area contributed by atoms with Gasteiger partial charge in [-0.05, 0) is 30.9 Å². The van der Waals surface area contributed by atoms with Crippen molar-refractivity contribution in [3.8, 4) is 11.4 Å². The van der Waals surface area contributed by atoms with Crippen LogP contribution in [0.4, 0.5) is 13.2 Å². The molecule has 0 spiro atoms. The molecule has 0 N–H and O–H groups in total. The van der Waals surface area contributed by atoms with Gasteiger partial charge in [0, 0.05) is 24.0 Å². The van der Waals surface area contributed by atoms with Gasteiger partial charge in [-0.3, -0.25) is 0 Å². The molecule has 0 saturated carbocycles. The van der Waals surface area contributed by atoms with E-state index in [1.165, 1.54) is 12.1 Å². The summed E-state index contributed by atoms with van der Waals surface area (Å²) in [5.41, 5.74) is 1.01. The van der Waals surface area contributed by atoms with E-state index in [-0.39, 0.29) is 0 Å². The van der Waals surface area contributed by atoms with E-state index in [4.69, 9.17) is 0 Å². The van der Waals surface area contributed by atoms with Gasteiger partial charge in [0.25, 0.3) is 0 Å². The Bertz CT molecular complexity index is 628. The standard InChI is InChI=1S/C15H15F3N2/c1-10-5-6-20-13(7-10)9-19-14(20)11-3-2-4-12(8-11)15(16,17)18/h2-4,8-10H,5-7H2,1H3. The molecule has 1 unspecified atom stereocenters. The van der Waals surface area contributed by atoms with Gasteiger partial charge >= 0.3 is 6.18 Å². The number of nitrogens with zero attached hydrogens (tertiary/aromatic N) is 2. The zero-order chi connectivity index (χ0) is 14.3. The maximum atomic E-state index is 12.8. The van der Waals surface area contributed by atoms with Crippen LogP contribution in [0.1, 0.15) is 24.6 Å². The number of aromatic nitrogens is 2. The van der Waals surface area contributed by atoms with Gasteiger partial charge in [-0.1, -0.05) is 19.1 Å². The van der Waals surface area contributed by atoms with E-state index in [1.807, 2.05) is 4.57 Å². The molecule has 1 aliphatic heterocycles. The third-order valence-electron chi connectivity index (χ3n) is 3.79. The van der Waals surface area contributed by atoms with Crippen molar-refractivity contribution in [3.05, 3.63) is 41.7 Å². The minimum atomic E-state index is -4.32. The molecule has 0 fully saturated rings. The van der Waals surface area contributed by atoms with Crippen LogP contribution in [0.25, 0.3) is 11.4 Å². The summed E-state index contributed by atoms with van der Waals surface area (Å²) in [6.07, 6.45) is -0.561. The number of imidazole rings is 1. The third kappa shape index (κ3) is 2.32. The second kappa shape index (κ2) is 4.65. The lowest BCUT2D eigenvalue weighted by Crippen LogP contribution is -2.17. The fourth-order valence-electron chi connectivity index (χ4n) is 2.70. The molecule has 1 aromatic carbocycles. The lowest BCUT2D eigenvalue weighted by molar-refractivity contribution is -0.137. The average Bonchev–Trinajstić information content (AvgIpc) is 2.80. The number of hydrogen-bond donors (Lipinski definition) is 0. The molecule has 0 bridgehead atoms. The van der Waals surface area contributed by atoms with Crippen molar-refractivity contribution in [2.75, 3.05) is 0 Å².